The first kappa shape index (κ1) is 10.5. The van der Waals surface area contributed by atoms with Gasteiger partial charge in [0.05, 0.1) is 6.10 Å². The van der Waals surface area contributed by atoms with Crippen LogP contribution in [-0.2, 0) is 0 Å². The average Bonchev–Trinajstić information content (AvgIpc) is 1.87. The molecule has 2 atom stereocenters. The second kappa shape index (κ2) is 6.21. The normalized spacial score (nSPS) is 15.5. The van der Waals surface area contributed by atoms with Gasteiger partial charge in [-0.25, -0.2) is 0 Å². The molecule has 0 saturated carbocycles. The lowest BCUT2D eigenvalue weighted by Crippen LogP contribution is -2.28. The van der Waals surface area contributed by atoms with Gasteiger partial charge in [-0.1, -0.05) is 0 Å². The third kappa shape index (κ3) is 7.38. The third-order valence-corrected chi connectivity index (χ3v) is 1.48. The Balaban J connectivity index is 3.18. The van der Waals surface area contributed by atoms with Crippen LogP contribution in [0.3, 0.4) is 0 Å². The van der Waals surface area contributed by atoms with Crippen molar-refractivity contribution in [1.29, 1.82) is 0 Å². The van der Waals surface area contributed by atoms with Crippen LogP contribution in [0.4, 0.5) is 0 Å². The molecule has 0 aliphatic rings. The molecule has 2 heteroatoms. The Morgan fingerprint density at radius 3 is 2.64 bits per heavy atom. The van der Waals surface area contributed by atoms with Crippen LogP contribution in [-0.4, -0.2) is 23.8 Å². The second-order valence-corrected chi connectivity index (χ2v) is 2.90. The van der Waals surface area contributed by atoms with Gasteiger partial charge in [0.2, 0.25) is 0 Å². The van der Waals surface area contributed by atoms with Gasteiger partial charge in [0.25, 0.3) is 0 Å². The molecule has 0 aromatic heterocycles. The van der Waals surface area contributed by atoms with E-state index < -0.39 is 0 Å². The quantitative estimate of drug-likeness (QED) is 0.574. The molecule has 2 nitrogen and oxygen atoms in total. The van der Waals surface area contributed by atoms with Crippen molar-refractivity contribution in [1.82, 2.24) is 5.32 Å². The van der Waals surface area contributed by atoms with Gasteiger partial charge in [0.1, 0.15) is 0 Å². The van der Waals surface area contributed by atoms with E-state index >= 15 is 0 Å². The Labute approximate surface area is 69.0 Å². The summed E-state index contributed by atoms with van der Waals surface area (Å²) < 4.78 is 0. The SMILES string of the molecule is C#CCC(C)NCCC(C)O. The molecule has 0 fully saturated rings. The van der Waals surface area contributed by atoms with Crippen LogP contribution in [0.15, 0.2) is 0 Å². The topological polar surface area (TPSA) is 32.3 Å². The molecule has 0 heterocycles. The van der Waals surface area contributed by atoms with Crippen molar-refractivity contribution >= 4 is 0 Å². The minimum Gasteiger partial charge on any atom is -0.393 e. The number of nitrogens with one attached hydrogen (secondary N) is 1. The molecule has 11 heavy (non-hydrogen) atoms. The van der Waals surface area contributed by atoms with Gasteiger partial charge in [-0.15, -0.1) is 12.3 Å². The molecule has 2 unspecified atom stereocenters. The molecule has 0 radical (unpaired) electrons. The van der Waals surface area contributed by atoms with E-state index in [-0.39, 0.29) is 6.10 Å². The van der Waals surface area contributed by atoms with E-state index in [1.54, 1.807) is 6.92 Å². The van der Waals surface area contributed by atoms with Crippen molar-refractivity contribution in [3.63, 3.8) is 0 Å². The van der Waals surface area contributed by atoms with Gasteiger partial charge in [-0.2, -0.15) is 0 Å². The van der Waals surface area contributed by atoms with Gasteiger partial charge in [-0.05, 0) is 26.8 Å². The van der Waals surface area contributed by atoms with Gasteiger partial charge < -0.3 is 10.4 Å². The molecule has 0 rings (SSSR count). The lowest BCUT2D eigenvalue weighted by Gasteiger charge is -2.11. The first-order valence-corrected chi connectivity index (χ1v) is 4.01. The van der Waals surface area contributed by atoms with Gasteiger partial charge in [0, 0.05) is 12.5 Å². The number of hydrogen-bond acceptors (Lipinski definition) is 2. The van der Waals surface area contributed by atoms with E-state index in [0.717, 1.165) is 19.4 Å². The molecule has 0 spiro atoms. The molecule has 0 aromatic carbocycles. The summed E-state index contributed by atoms with van der Waals surface area (Å²) in [6.45, 7) is 4.66. The highest BCUT2D eigenvalue weighted by Crippen LogP contribution is 1.90. The van der Waals surface area contributed by atoms with E-state index in [1.807, 2.05) is 6.92 Å². The standard InChI is InChI=1S/C9H17NO/c1-4-5-8(2)10-7-6-9(3)11/h1,8-11H,5-7H2,2-3H3. The maximum absolute atomic E-state index is 8.91. The molecule has 2 N–H and O–H groups in total. The molecular weight excluding hydrogens is 138 g/mol. The van der Waals surface area contributed by atoms with Crippen molar-refractivity contribution in [2.75, 3.05) is 6.54 Å². The van der Waals surface area contributed by atoms with Crippen LogP contribution in [0.25, 0.3) is 0 Å². The Morgan fingerprint density at radius 2 is 2.18 bits per heavy atom. The summed E-state index contributed by atoms with van der Waals surface area (Å²) in [5.74, 6) is 2.58. The highest BCUT2D eigenvalue weighted by Gasteiger charge is 1.99. The highest BCUT2D eigenvalue weighted by molar-refractivity contribution is 4.87. The predicted octanol–water partition coefficient (Wildman–Crippen LogP) is 0.759. The number of aliphatic hydroxyl groups excluding tert-OH is 1. The van der Waals surface area contributed by atoms with Crippen molar-refractivity contribution in [2.24, 2.45) is 0 Å². The number of terminal acetylenes is 1. The fraction of sp³-hybridized carbons (Fsp3) is 0.778. The van der Waals surface area contributed by atoms with Crippen LogP contribution >= 0.6 is 0 Å². The van der Waals surface area contributed by atoms with Crippen LogP contribution in [0.1, 0.15) is 26.7 Å². The lowest BCUT2D eigenvalue weighted by atomic mass is 10.2. The van der Waals surface area contributed by atoms with Gasteiger partial charge >= 0.3 is 0 Å². The summed E-state index contributed by atoms with van der Waals surface area (Å²) >= 11 is 0. The minimum atomic E-state index is -0.222. The molecule has 0 aliphatic carbocycles. The lowest BCUT2D eigenvalue weighted by molar-refractivity contribution is 0.182. The zero-order valence-electron chi connectivity index (χ0n) is 7.30. The average molecular weight is 155 g/mol. The minimum absolute atomic E-state index is 0.222. The molecule has 64 valence electrons. The largest absolute Gasteiger partial charge is 0.393 e. The fourth-order valence-corrected chi connectivity index (χ4v) is 0.788. The zero-order chi connectivity index (χ0) is 8.69. The highest BCUT2D eigenvalue weighted by atomic mass is 16.3. The van der Waals surface area contributed by atoms with E-state index in [9.17, 15) is 0 Å². The van der Waals surface area contributed by atoms with Crippen molar-refractivity contribution in [3.05, 3.63) is 0 Å². The van der Waals surface area contributed by atoms with E-state index in [2.05, 4.69) is 11.2 Å². The molecule has 0 aromatic rings. The molecule has 0 saturated heterocycles. The number of hydrogen-bond donors (Lipinski definition) is 2. The number of rotatable bonds is 5. The summed E-state index contributed by atoms with van der Waals surface area (Å²) in [5.41, 5.74) is 0. The maximum Gasteiger partial charge on any atom is 0.0524 e. The fourth-order valence-electron chi connectivity index (χ4n) is 0.788. The Morgan fingerprint density at radius 1 is 1.55 bits per heavy atom. The Bertz CT molecular complexity index is 126. The van der Waals surface area contributed by atoms with Crippen molar-refractivity contribution < 1.29 is 5.11 Å². The summed E-state index contributed by atoms with van der Waals surface area (Å²) in [4.78, 5) is 0. The smallest absolute Gasteiger partial charge is 0.0524 e. The van der Waals surface area contributed by atoms with Crippen molar-refractivity contribution in [2.45, 2.75) is 38.8 Å². The van der Waals surface area contributed by atoms with Crippen LogP contribution < -0.4 is 5.32 Å². The predicted molar refractivity (Wildman–Crippen MR) is 47.2 cm³/mol. The molecule has 0 aliphatic heterocycles. The first-order valence-electron chi connectivity index (χ1n) is 4.01. The summed E-state index contributed by atoms with van der Waals surface area (Å²) in [5, 5.41) is 12.1. The van der Waals surface area contributed by atoms with Crippen molar-refractivity contribution in [3.8, 4) is 12.3 Å². The summed E-state index contributed by atoms with van der Waals surface area (Å²) in [6.07, 6.45) is 6.44. The molecule has 0 bridgehead atoms. The summed E-state index contributed by atoms with van der Waals surface area (Å²) in [6, 6.07) is 0.360. The van der Waals surface area contributed by atoms with E-state index in [4.69, 9.17) is 11.5 Å². The Hall–Kier alpha value is -0.520. The number of aliphatic hydroxyl groups is 1. The monoisotopic (exact) mass is 155 g/mol. The van der Waals surface area contributed by atoms with Gasteiger partial charge in [-0.3, -0.25) is 0 Å². The molecule has 0 amide bonds. The van der Waals surface area contributed by atoms with E-state index in [1.165, 1.54) is 0 Å². The van der Waals surface area contributed by atoms with E-state index in [0.29, 0.717) is 6.04 Å². The summed E-state index contributed by atoms with van der Waals surface area (Å²) in [7, 11) is 0. The Kier molecular flexibility index (Phi) is 5.91. The zero-order valence-corrected chi connectivity index (χ0v) is 7.30. The van der Waals surface area contributed by atoms with Crippen LogP contribution in [0.5, 0.6) is 0 Å². The molecular formula is C9H17NO. The van der Waals surface area contributed by atoms with Gasteiger partial charge in [0.15, 0.2) is 0 Å². The maximum atomic E-state index is 8.91. The second-order valence-electron chi connectivity index (χ2n) is 2.90. The van der Waals surface area contributed by atoms with Crippen LogP contribution in [0.2, 0.25) is 0 Å². The third-order valence-electron chi connectivity index (χ3n) is 1.48. The van der Waals surface area contributed by atoms with Crippen LogP contribution in [0, 0.1) is 12.3 Å². The first-order chi connectivity index (χ1) is 5.16.